The fourth-order valence-corrected chi connectivity index (χ4v) is 2.23. The second-order valence-corrected chi connectivity index (χ2v) is 4.78. The van der Waals surface area contributed by atoms with E-state index < -0.39 is 0 Å². The molecule has 3 nitrogen and oxygen atoms in total. The first-order valence-corrected chi connectivity index (χ1v) is 6.25. The minimum Gasteiger partial charge on any atom is -0.379 e. The molecule has 1 saturated heterocycles. The fourth-order valence-electron chi connectivity index (χ4n) is 1.69. The maximum Gasteiger partial charge on any atom is 0.0835 e. The molecule has 1 heterocycles. The Labute approximate surface area is 104 Å². The minimum absolute atomic E-state index is 0.251. The van der Waals surface area contributed by atoms with Crippen molar-refractivity contribution < 1.29 is 9.47 Å². The lowest BCUT2D eigenvalue weighted by atomic mass is 10.1. The van der Waals surface area contributed by atoms with Gasteiger partial charge < -0.3 is 15.2 Å². The van der Waals surface area contributed by atoms with Crippen molar-refractivity contribution in [1.29, 1.82) is 0 Å². The molecule has 1 aliphatic rings. The number of nitrogens with two attached hydrogens (primary N) is 1. The summed E-state index contributed by atoms with van der Waals surface area (Å²) in [5, 5.41) is 0. The van der Waals surface area contributed by atoms with Crippen LogP contribution in [0.15, 0.2) is 22.7 Å². The molecule has 1 aromatic carbocycles. The zero-order valence-corrected chi connectivity index (χ0v) is 10.7. The third-order valence-corrected chi connectivity index (χ3v) is 3.45. The summed E-state index contributed by atoms with van der Waals surface area (Å²) in [5.41, 5.74) is 7.86. The first kappa shape index (κ1) is 12.0. The maximum absolute atomic E-state index is 5.76. The largest absolute Gasteiger partial charge is 0.379 e. The van der Waals surface area contributed by atoms with Crippen LogP contribution in [-0.2, 0) is 22.6 Å². The van der Waals surface area contributed by atoms with Gasteiger partial charge in [-0.25, -0.2) is 0 Å². The normalized spacial score (nSPS) is 20.2. The van der Waals surface area contributed by atoms with E-state index in [1.807, 2.05) is 12.1 Å². The Bertz CT molecular complexity index is 351. The van der Waals surface area contributed by atoms with E-state index in [1.165, 1.54) is 0 Å². The summed E-state index contributed by atoms with van der Waals surface area (Å²) in [6.45, 7) is 2.73. The van der Waals surface area contributed by atoms with E-state index in [1.54, 1.807) is 0 Å². The fraction of sp³-hybridized carbons (Fsp3) is 0.500. The van der Waals surface area contributed by atoms with Gasteiger partial charge in [0.2, 0.25) is 0 Å². The quantitative estimate of drug-likeness (QED) is 0.923. The minimum atomic E-state index is 0.251. The molecule has 2 rings (SSSR count). The van der Waals surface area contributed by atoms with Gasteiger partial charge in [-0.3, -0.25) is 0 Å². The average molecular weight is 286 g/mol. The van der Waals surface area contributed by atoms with Crippen LogP contribution in [0.25, 0.3) is 0 Å². The van der Waals surface area contributed by atoms with Crippen LogP contribution in [0.3, 0.4) is 0 Å². The molecule has 0 bridgehead atoms. The van der Waals surface area contributed by atoms with Crippen molar-refractivity contribution in [3.05, 3.63) is 33.8 Å². The van der Waals surface area contributed by atoms with Crippen molar-refractivity contribution in [2.75, 3.05) is 13.2 Å². The highest BCUT2D eigenvalue weighted by atomic mass is 79.9. The molecule has 0 spiro atoms. The third-order valence-electron chi connectivity index (χ3n) is 2.72. The molecule has 0 aliphatic carbocycles. The summed E-state index contributed by atoms with van der Waals surface area (Å²) in [6.07, 6.45) is 1.25. The number of halogens is 1. The molecule has 1 atom stereocenters. The number of rotatable bonds is 4. The van der Waals surface area contributed by atoms with E-state index in [0.29, 0.717) is 13.2 Å². The zero-order valence-electron chi connectivity index (χ0n) is 9.12. The Kier molecular flexibility index (Phi) is 4.35. The van der Waals surface area contributed by atoms with Crippen LogP contribution in [-0.4, -0.2) is 19.3 Å². The molecule has 1 aromatic rings. The van der Waals surface area contributed by atoms with Crippen LogP contribution >= 0.6 is 15.9 Å². The predicted octanol–water partition coefficient (Wildman–Crippen LogP) is 2.21. The molecule has 2 N–H and O–H groups in total. The second kappa shape index (κ2) is 5.77. The summed E-state index contributed by atoms with van der Waals surface area (Å²) < 4.78 is 12.1. The van der Waals surface area contributed by atoms with Crippen molar-refractivity contribution in [1.82, 2.24) is 0 Å². The van der Waals surface area contributed by atoms with Crippen molar-refractivity contribution in [2.45, 2.75) is 25.7 Å². The monoisotopic (exact) mass is 285 g/mol. The second-order valence-electron chi connectivity index (χ2n) is 3.93. The molecule has 0 radical (unpaired) electrons. The Morgan fingerprint density at radius 3 is 3.00 bits per heavy atom. The molecule has 0 amide bonds. The summed E-state index contributed by atoms with van der Waals surface area (Å²) >= 11 is 3.53. The molecule has 1 unspecified atom stereocenters. The third kappa shape index (κ3) is 3.04. The van der Waals surface area contributed by atoms with Crippen LogP contribution in [0.2, 0.25) is 0 Å². The van der Waals surface area contributed by atoms with Crippen LogP contribution in [0.5, 0.6) is 0 Å². The molecule has 0 saturated carbocycles. The highest BCUT2D eigenvalue weighted by Crippen LogP contribution is 2.21. The van der Waals surface area contributed by atoms with Gasteiger partial charge in [0.25, 0.3) is 0 Å². The van der Waals surface area contributed by atoms with Gasteiger partial charge in [-0.05, 0) is 23.6 Å². The van der Waals surface area contributed by atoms with Crippen LogP contribution in [0, 0.1) is 0 Å². The number of hydrogen-bond acceptors (Lipinski definition) is 3. The molecular formula is C12H16BrNO2. The zero-order chi connectivity index (χ0) is 11.4. The van der Waals surface area contributed by atoms with Crippen molar-refractivity contribution in [2.24, 2.45) is 5.73 Å². The summed E-state index contributed by atoms with van der Waals surface area (Å²) in [7, 11) is 0. The SMILES string of the molecule is NCc1ccc(COC2CCOC2)c(Br)c1. The van der Waals surface area contributed by atoms with Gasteiger partial charge in [-0.2, -0.15) is 0 Å². The van der Waals surface area contributed by atoms with E-state index >= 15 is 0 Å². The lowest BCUT2D eigenvalue weighted by Gasteiger charge is -2.11. The summed E-state index contributed by atoms with van der Waals surface area (Å²) in [5.74, 6) is 0. The molecule has 0 aromatic heterocycles. The highest BCUT2D eigenvalue weighted by molar-refractivity contribution is 9.10. The molecular weight excluding hydrogens is 270 g/mol. The van der Waals surface area contributed by atoms with Gasteiger partial charge in [0.15, 0.2) is 0 Å². The van der Waals surface area contributed by atoms with E-state index in [0.717, 1.165) is 35.2 Å². The van der Waals surface area contributed by atoms with Crippen LogP contribution in [0.1, 0.15) is 17.5 Å². The lowest BCUT2D eigenvalue weighted by Crippen LogP contribution is -2.12. The lowest BCUT2D eigenvalue weighted by molar-refractivity contribution is 0.0315. The van der Waals surface area contributed by atoms with Gasteiger partial charge in [0, 0.05) is 17.6 Å². The Morgan fingerprint density at radius 1 is 1.50 bits per heavy atom. The Balaban J connectivity index is 1.93. The maximum atomic E-state index is 5.76. The molecule has 1 aliphatic heterocycles. The van der Waals surface area contributed by atoms with Gasteiger partial charge in [0.1, 0.15) is 0 Å². The first-order valence-electron chi connectivity index (χ1n) is 5.46. The van der Waals surface area contributed by atoms with Crippen molar-refractivity contribution in [3.63, 3.8) is 0 Å². The molecule has 1 fully saturated rings. The van der Waals surface area contributed by atoms with Crippen LogP contribution in [0.4, 0.5) is 0 Å². The van der Waals surface area contributed by atoms with E-state index in [4.69, 9.17) is 15.2 Å². The predicted molar refractivity (Wildman–Crippen MR) is 66.0 cm³/mol. The summed E-state index contributed by atoms with van der Waals surface area (Å²) in [4.78, 5) is 0. The standard InChI is InChI=1S/C12H16BrNO2/c13-12-5-9(6-14)1-2-10(12)7-16-11-3-4-15-8-11/h1-2,5,11H,3-4,6-8,14H2. The van der Waals surface area contributed by atoms with Gasteiger partial charge in [0.05, 0.1) is 19.3 Å². The Morgan fingerprint density at radius 2 is 2.38 bits per heavy atom. The van der Waals surface area contributed by atoms with Gasteiger partial charge in [-0.1, -0.05) is 28.1 Å². The van der Waals surface area contributed by atoms with Gasteiger partial charge in [-0.15, -0.1) is 0 Å². The first-order chi connectivity index (χ1) is 7.79. The molecule has 16 heavy (non-hydrogen) atoms. The smallest absolute Gasteiger partial charge is 0.0835 e. The number of hydrogen-bond donors (Lipinski definition) is 1. The van der Waals surface area contributed by atoms with E-state index in [9.17, 15) is 0 Å². The number of ether oxygens (including phenoxy) is 2. The van der Waals surface area contributed by atoms with E-state index in [-0.39, 0.29) is 6.10 Å². The Hall–Kier alpha value is -0.420. The van der Waals surface area contributed by atoms with Crippen molar-refractivity contribution in [3.8, 4) is 0 Å². The highest BCUT2D eigenvalue weighted by Gasteiger charge is 2.16. The van der Waals surface area contributed by atoms with Crippen LogP contribution < -0.4 is 5.73 Å². The number of benzene rings is 1. The topological polar surface area (TPSA) is 44.5 Å². The average Bonchev–Trinajstić information content (AvgIpc) is 2.80. The molecule has 88 valence electrons. The van der Waals surface area contributed by atoms with Crippen molar-refractivity contribution >= 4 is 15.9 Å². The van der Waals surface area contributed by atoms with Gasteiger partial charge >= 0.3 is 0 Å². The molecule has 4 heteroatoms. The van der Waals surface area contributed by atoms with E-state index in [2.05, 4.69) is 22.0 Å². The summed E-state index contributed by atoms with van der Waals surface area (Å²) in [6, 6.07) is 6.14.